The molecular weight excluding hydrogens is 287 g/mol. The first-order valence-electron chi connectivity index (χ1n) is 6.45. The van der Waals surface area contributed by atoms with Gasteiger partial charge in [-0.1, -0.05) is 26.8 Å². The summed E-state index contributed by atoms with van der Waals surface area (Å²) in [5.41, 5.74) is -0.0297. The number of thioether (sulfide) groups is 1. The van der Waals surface area contributed by atoms with Crippen LogP contribution in [0.3, 0.4) is 0 Å². The second-order valence-corrected chi connectivity index (χ2v) is 6.46. The molecule has 0 aliphatic carbocycles. The summed E-state index contributed by atoms with van der Waals surface area (Å²) in [4.78, 5) is 0.160. The number of benzene rings is 1. The largest absolute Gasteiger partial charge is 0.417 e. The molecule has 2 nitrogen and oxygen atoms in total. The molecule has 0 saturated heterocycles. The highest BCUT2D eigenvalue weighted by Gasteiger charge is 2.34. The number of rotatable bonds is 6. The maximum atomic E-state index is 13.1. The monoisotopic (exact) mass is 307 g/mol. The van der Waals surface area contributed by atoms with Gasteiger partial charge in [-0.2, -0.15) is 13.2 Å². The Balaban J connectivity index is 3.01. The third-order valence-electron chi connectivity index (χ3n) is 2.65. The van der Waals surface area contributed by atoms with Gasteiger partial charge in [-0.25, -0.2) is 0 Å². The lowest BCUT2D eigenvalue weighted by Gasteiger charge is -2.17. The van der Waals surface area contributed by atoms with Crippen molar-refractivity contribution in [1.82, 2.24) is 5.32 Å². The van der Waals surface area contributed by atoms with Gasteiger partial charge in [-0.15, -0.1) is 11.8 Å². The predicted octanol–water partition coefficient (Wildman–Crippen LogP) is 3.68. The summed E-state index contributed by atoms with van der Waals surface area (Å²) in [5.74, 6) is 0. The zero-order chi connectivity index (χ0) is 15.3. The SMILES string of the molecule is CC(C)NCc1ccc(SC(C)CO)c(C(F)(F)F)c1. The van der Waals surface area contributed by atoms with Crippen LogP contribution in [0.5, 0.6) is 0 Å². The molecule has 0 saturated carbocycles. The van der Waals surface area contributed by atoms with Crippen molar-refractivity contribution in [2.24, 2.45) is 0 Å². The maximum absolute atomic E-state index is 13.1. The summed E-state index contributed by atoms with van der Waals surface area (Å²) in [6.07, 6.45) is -4.38. The summed E-state index contributed by atoms with van der Waals surface area (Å²) in [5, 5.41) is 11.8. The molecule has 20 heavy (non-hydrogen) atoms. The molecule has 1 atom stereocenters. The van der Waals surface area contributed by atoms with E-state index in [9.17, 15) is 13.2 Å². The van der Waals surface area contributed by atoms with Crippen LogP contribution in [0, 0.1) is 0 Å². The van der Waals surface area contributed by atoms with Gasteiger partial charge in [-0.05, 0) is 17.7 Å². The van der Waals surface area contributed by atoms with E-state index in [0.29, 0.717) is 12.1 Å². The van der Waals surface area contributed by atoms with E-state index in [-0.39, 0.29) is 22.8 Å². The molecule has 0 heterocycles. The number of nitrogens with one attached hydrogen (secondary N) is 1. The Morgan fingerprint density at radius 3 is 2.40 bits per heavy atom. The van der Waals surface area contributed by atoms with Crippen LogP contribution in [0.15, 0.2) is 23.1 Å². The van der Waals surface area contributed by atoms with Crippen molar-refractivity contribution in [3.8, 4) is 0 Å². The molecular formula is C14H20F3NOS. The number of alkyl halides is 3. The first kappa shape index (κ1) is 17.3. The zero-order valence-electron chi connectivity index (χ0n) is 11.8. The molecule has 1 aromatic rings. The topological polar surface area (TPSA) is 32.3 Å². The number of halogens is 3. The predicted molar refractivity (Wildman–Crippen MR) is 75.8 cm³/mol. The van der Waals surface area contributed by atoms with E-state index in [4.69, 9.17) is 5.11 Å². The molecule has 0 bridgehead atoms. The average Bonchev–Trinajstić information content (AvgIpc) is 2.36. The lowest BCUT2D eigenvalue weighted by Crippen LogP contribution is -2.22. The summed E-state index contributed by atoms with van der Waals surface area (Å²) >= 11 is 1.04. The van der Waals surface area contributed by atoms with Crippen molar-refractivity contribution >= 4 is 11.8 Å². The van der Waals surface area contributed by atoms with Crippen molar-refractivity contribution < 1.29 is 18.3 Å². The summed E-state index contributed by atoms with van der Waals surface area (Å²) in [7, 11) is 0. The Labute approximate surface area is 121 Å². The van der Waals surface area contributed by atoms with Crippen molar-refractivity contribution in [2.75, 3.05) is 6.61 Å². The van der Waals surface area contributed by atoms with E-state index in [1.807, 2.05) is 13.8 Å². The Bertz CT molecular complexity index is 435. The third kappa shape index (κ3) is 5.34. The first-order valence-corrected chi connectivity index (χ1v) is 7.33. The average molecular weight is 307 g/mol. The molecule has 0 aromatic heterocycles. The van der Waals surface area contributed by atoms with Crippen molar-refractivity contribution in [3.63, 3.8) is 0 Å². The third-order valence-corrected chi connectivity index (χ3v) is 3.81. The van der Waals surface area contributed by atoms with Crippen LogP contribution in [-0.4, -0.2) is 23.0 Å². The van der Waals surface area contributed by atoms with Gasteiger partial charge >= 0.3 is 6.18 Å². The number of aliphatic hydroxyl groups is 1. The van der Waals surface area contributed by atoms with Gasteiger partial charge in [0.2, 0.25) is 0 Å². The fourth-order valence-electron chi connectivity index (χ4n) is 1.59. The zero-order valence-corrected chi connectivity index (χ0v) is 12.6. The van der Waals surface area contributed by atoms with Crippen molar-refractivity contribution in [3.05, 3.63) is 29.3 Å². The van der Waals surface area contributed by atoms with E-state index in [2.05, 4.69) is 5.32 Å². The van der Waals surface area contributed by atoms with Crippen LogP contribution in [0.25, 0.3) is 0 Å². The van der Waals surface area contributed by atoms with Gasteiger partial charge < -0.3 is 10.4 Å². The van der Waals surface area contributed by atoms with E-state index >= 15 is 0 Å². The normalized spacial score (nSPS) is 13.8. The minimum absolute atomic E-state index is 0.154. The highest BCUT2D eigenvalue weighted by Crippen LogP contribution is 2.38. The van der Waals surface area contributed by atoms with Crippen LogP contribution < -0.4 is 5.32 Å². The van der Waals surface area contributed by atoms with E-state index in [1.165, 1.54) is 12.1 Å². The van der Waals surface area contributed by atoms with Gasteiger partial charge in [0.15, 0.2) is 0 Å². The molecule has 6 heteroatoms. The fraction of sp³-hybridized carbons (Fsp3) is 0.571. The Hall–Kier alpha value is -0.720. The minimum atomic E-state index is -4.38. The second-order valence-electron chi connectivity index (χ2n) is 4.97. The minimum Gasteiger partial charge on any atom is -0.395 e. The number of hydrogen-bond donors (Lipinski definition) is 2. The molecule has 1 rings (SSSR count). The Morgan fingerprint density at radius 2 is 1.90 bits per heavy atom. The summed E-state index contributed by atoms with van der Waals surface area (Å²) in [6, 6.07) is 4.57. The lowest BCUT2D eigenvalue weighted by atomic mass is 10.1. The van der Waals surface area contributed by atoms with Crippen LogP contribution in [-0.2, 0) is 12.7 Å². The number of hydrogen-bond acceptors (Lipinski definition) is 3. The standard InChI is InChI=1S/C14H20F3NOS/c1-9(2)18-7-11-4-5-13(20-10(3)8-19)12(6-11)14(15,16)17/h4-6,9-10,18-19H,7-8H2,1-3H3. The number of aliphatic hydroxyl groups excluding tert-OH is 1. The van der Waals surface area contributed by atoms with Gasteiger partial charge in [-0.3, -0.25) is 0 Å². The highest BCUT2D eigenvalue weighted by molar-refractivity contribution is 8.00. The molecule has 0 fully saturated rings. The molecule has 0 spiro atoms. The van der Waals surface area contributed by atoms with Gasteiger partial charge in [0.1, 0.15) is 0 Å². The lowest BCUT2D eigenvalue weighted by molar-refractivity contribution is -0.139. The van der Waals surface area contributed by atoms with Crippen LogP contribution in [0.2, 0.25) is 0 Å². The van der Waals surface area contributed by atoms with E-state index < -0.39 is 11.7 Å². The molecule has 0 aliphatic rings. The second kappa shape index (κ2) is 7.33. The molecule has 0 radical (unpaired) electrons. The molecule has 114 valence electrons. The van der Waals surface area contributed by atoms with Gasteiger partial charge in [0, 0.05) is 22.7 Å². The van der Waals surface area contributed by atoms with Crippen LogP contribution >= 0.6 is 11.8 Å². The van der Waals surface area contributed by atoms with Gasteiger partial charge in [0.25, 0.3) is 0 Å². The summed E-state index contributed by atoms with van der Waals surface area (Å²) in [6.45, 7) is 5.83. The van der Waals surface area contributed by atoms with Crippen molar-refractivity contribution in [2.45, 2.75) is 49.7 Å². The van der Waals surface area contributed by atoms with Gasteiger partial charge in [0.05, 0.1) is 12.2 Å². The van der Waals surface area contributed by atoms with E-state index in [1.54, 1.807) is 13.0 Å². The van der Waals surface area contributed by atoms with Crippen LogP contribution in [0.4, 0.5) is 13.2 Å². The van der Waals surface area contributed by atoms with Crippen molar-refractivity contribution in [1.29, 1.82) is 0 Å². The molecule has 0 aliphatic heterocycles. The molecule has 1 aromatic carbocycles. The Kier molecular flexibility index (Phi) is 6.36. The molecule has 2 N–H and O–H groups in total. The summed E-state index contributed by atoms with van der Waals surface area (Å²) < 4.78 is 39.3. The van der Waals surface area contributed by atoms with Crippen LogP contribution in [0.1, 0.15) is 31.9 Å². The highest BCUT2D eigenvalue weighted by atomic mass is 32.2. The quantitative estimate of drug-likeness (QED) is 0.786. The fourth-order valence-corrected chi connectivity index (χ4v) is 2.54. The molecule has 1 unspecified atom stereocenters. The van der Waals surface area contributed by atoms with E-state index in [0.717, 1.165) is 11.8 Å². The Morgan fingerprint density at radius 1 is 1.25 bits per heavy atom. The smallest absolute Gasteiger partial charge is 0.395 e. The maximum Gasteiger partial charge on any atom is 0.417 e. The first-order chi connectivity index (χ1) is 9.24. The molecule has 0 amide bonds.